The molecule has 0 aliphatic carbocycles. The smallest absolute Gasteiger partial charge is 0.222 e. The minimum atomic E-state index is 0.0390. The fraction of sp³-hybridized carbons (Fsp3) is 0.350. The molecule has 2 rings (SSSR count). The Kier molecular flexibility index (Phi) is 6.68. The molecule has 2 aromatic carbocycles. The first-order valence-electron chi connectivity index (χ1n) is 8.32. The summed E-state index contributed by atoms with van der Waals surface area (Å²) in [5.74, 6) is 0.489. The predicted molar refractivity (Wildman–Crippen MR) is 102 cm³/mol. The lowest BCUT2D eigenvalue weighted by Crippen LogP contribution is -2.25. The fourth-order valence-electron chi connectivity index (χ4n) is 2.61. The molecule has 4 heteroatoms. The highest BCUT2D eigenvalue weighted by Gasteiger charge is 2.09. The van der Waals surface area contributed by atoms with Crippen molar-refractivity contribution in [2.45, 2.75) is 39.7 Å². The number of anilines is 1. The van der Waals surface area contributed by atoms with Gasteiger partial charge in [0.2, 0.25) is 5.91 Å². The predicted octanol–water partition coefficient (Wildman–Crippen LogP) is 4.89. The summed E-state index contributed by atoms with van der Waals surface area (Å²) in [6.45, 7) is 7.60. The van der Waals surface area contributed by atoms with E-state index >= 15 is 0 Å². The molecule has 24 heavy (non-hydrogen) atoms. The van der Waals surface area contributed by atoms with E-state index in [9.17, 15) is 4.79 Å². The van der Waals surface area contributed by atoms with Crippen LogP contribution in [0.4, 0.5) is 5.69 Å². The lowest BCUT2D eigenvalue weighted by atomic mass is 9.98. The van der Waals surface area contributed by atoms with Crippen molar-refractivity contribution in [2.75, 3.05) is 11.9 Å². The van der Waals surface area contributed by atoms with Gasteiger partial charge in [-0.15, -0.1) is 0 Å². The number of nitrogens with one attached hydrogen (secondary N) is 2. The molecular weight excluding hydrogens is 320 g/mol. The van der Waals surface area contributed by atoms with Crippen LogP contribution in [-0.2, 0) is 11.3 Å². The van der Waals surface area contributed by atoms with Crippen molar-refractivity contribution < 1.29 is 4.79 Å². The summed E-state index contributed by atoms with van der Waals surface area (Å²) in [5, 5.41) is 7.06. The molecule has 0 atom stereocenters. The maximum atomic E-state index is 12.0. The van der Waals surface area contributed by atoms with Crippen LogP contribution in [0.2, 0.25) is 5.02 Å². The lowest BCUT2D eigenvalue weighted by Gasteiger charge is -2.17. The summed E-state index contributed by atoms with van der Waals surface area (Å²) in [7, 11) is 0. The van der Waals surface area contributed by atoms with E-state index in [4.69, 9.17) is 11.6 Å². The molecule has 0 spiro atoms. The Bertz CT molecular complexity index is 681. The topological polar surface area (TPSA) is 41.1 Å². The van der Waals surface area contributed by atoms with E-state index in [-0.39, 0.29) is 5.91 Å². The fourth-order valence-corrected chi connectivity index (χ4v) is 2.73. The van der Waals surface area contributed by atoms with E-state index in [1.54, 1.807) is 0 Å². The number of rotatable bonds is 7. The second-order valence-electron chi connectivity index (χ2n) is 6.27. The molecule has 1 amide bonds. The Hall–Kier alpha value is -2.00. The molecule has 0 radical (unpaired) electrons. The molecule has 0 unspecified atom stereocenters. The van der Waals surface area contributed by atoms with Crippen LogP contribution in [0.5, 0.6) is 0 Å². The summed E-state index contributed by atoms with van der Waals surface area (Å²) in [4.78, 5) is 12.0. The van der Waals surface area contributed by atoms with Crippen molar-refractivity contribution in [1.82, 2.24) is 5.32 Å². The Morgan fingerprint density at radius 3 is 2.50 bits per heavy atom. The van der Waals surface area contributed by atoms with Gasteiger partial charge in [0.1, 0.15) is 0 Å². The highest BCUT2D eigenvalue weighted by atomic mass is 35.5. The maximum absolute atomic E-state index is 12.0. The summed E-state index contributed by atoms with van der Waals surface area (Å²) in [6.07, 6.45) is 0.444. The Morgan fingerprint density at radius 2 is 1.83 bits per heavy atom. The van der Waals surface area contributed by atoms with Gasteiger partial charge < -0.3 is 10.6 Å². The summed E-state index contributed by atoms with van der Waals surface area (Å²) < 4.78 is 0. The quantitative estimate of drug-likeness (QED) is 0.750. The highest BCUT2D eigenvalue weighted by Crippen LogP contribution is 2.27. The lowest BCUT2D eigenvalue weighted by molar-refractivity contribution is -0.121. The molecule has 0 aromatic heterocycles. The highest BCUT2D eigenvalue weighted by molar-refractivity contribution is 6.30. The molecule has 2 aromatic rings. The first-order valence-corrected chi connectivity index (χ1v) is 8.69. The number of aryl methyl sites for hydroxylation is 1. The van der Waals surface area contributed by atoms with Crippen molar-refractivity contribution >= 4 is 23.2 Å². The molecule has 2 N–H and O–H groups in total. The van der Waals surface area contributed by atoms with Crippen LogP contribution in [-0.4, -0.2) is 12.5 Å². The average molecular weight is 345 g/mol. The van der Waals surface area contributed by atoms with Gasteiger partial charge in [-0.1, -0.05) is 55.8 Å². The third kappa shape index (κ3) is 5.27. The number of carbonyl (C=O) groups excluding carboxylic acids is 1. The summed E-state index contributed by atoms with van der Waals surface area (Å²) in [5.41, 5.74) is 4.69. The number of benzene rings is 2. The van der Waals surface area contributed by atoms with E-state index in [0.717, 1.165) is 11.3 Å². The summed E-state index contributed by atoms with van der Waals surface area (Å²) >= 11 is 5.85. The number of hydrogen-bond acceptors (Lipinski definition) is 2. The molecule has 128 valence electrons. The van der Waals surface area contributed by atoms with Gasteiger partial charge in [-0.25, -0.2) is 0 Å². The van der Waals surface area contributed by atoms with E-state index in [0.29, 0.717) is 30.5 Å². The molecule has 0 saturated carbocycles. The van der Waals surface area contributed by atoms with Crippen LogP contribution >= 0.6 is 11.6 Å². The minimum absolute atomic E-state index is 0.0390. The Balaban J connectivity index is 1.82. The first kappa shape index (κ1) is 18.3. The van der Waals surface area contributed by atoms with E-state index < -0.39 is 0 Å². The van der Waals surface area contributed by atoms with Crippen molar-refractivity contribution in [3.8, 4) is 0 Å². The van der Waals surface area contributed by atoms with E-state index in [2.05, 4.69) is 49.6 Å². The van der Waals surface area contributed by atoms with Crippen molar-refractivity contribution in [1.29, 1.82) is 0 Å². The van der Waals surface area contributed by atoms with Crippen LogP contribution in [0, 0.1) is 6.92 Å². The molecule has 0 heterocycles. The number of hydrogen-bond donors (Lipinski definition) is 2. The molecule has 0 fully saturated rings. The van der Waals surface area contributed by atoms with Crippen LogP contribution in [0.25, 0.3) is 0 Å². The van der Waals surface area contributed by atoms with Crippen molar-refractivity contribution in [2.24, 2.45) is 0 Å². The number of carbonyl (C=O) groups is 1. The number of para-hydroxylation sites is 1. The third-order valence-electron chi connectivity index (χ3n) is 3.98. The van der Waals surface area contributed by atoms with Gasteiger partial charge in [-0.05, 0) is 41.7 Å². The second kappa shape index (κ2) is 8.74. The maximum Gasteiger partial charge on any atom is 0.222 e. The number of amides is 1. The summed E-state index contributed by atoms with van der Waals surface area (Å²) in [6, 6.07) is 13.8. The molecule has 0 bridgehead atoms. The van der Waals surface area contributed by atoms with Crippen LogP contribution < -0.4 is 10.6 Å². The SMILES string of the molecule is Cc1cccc(C(C)C)c1NCCC(=O)NCc1ccc(Cl)cc1. The monoisotopic (exact) mass is 344 g/mol. The normalized spacial score (nSPS) is 10.7. The van der Waals surface area contributed by atoms with Crippen LogP contribution in [0.1, 0.15) is 42.9 Å². The van der Waals surface area contributed by atoms with E-state index in [1.807, 2.05) is 24.3 Å². The van der Waals surface area contributed by atoms with Gasteiger partial charge in [0.05, 0.1) is 0 Å². The van der Waals surface area contributed by atoms with Gasteiger partial charge in [-0.2, -0.15) is 0 Å². The molecule has 0 saturated heterocycles. The Morgan fingerprint density at radius 1 is 1.12 bits per heavy atom. The van der Waals surface area contributed by atoms with Crippen LogP contribution in [0.3, 0.4) is 0 Å². The molecule has 0 aliphatic rings. The zero-order valence-electron chi connectivity index (χ0n) is 14.5. The zero-order valence-corrected chi connectivity index (χ0v) is 15.3. The zero-order chi connectivity index (χ0) is 17.5. The second-order valence-corrected chi connectivity index (χ2v) is 6.71. The van der Waals surface area contributed by atoms with E-state index in [1.165, 1.54) is 11.1 Å². The minimum Gasteiger partial charge on any atom is -0.384 e. The van der Waals surface area contributed by atoms with Gasteiger partial charge in [0.25, 0.3) is 0 Å². The molecular formula is C20H25ClN2O. The number of halogens is 1. The van der Waals surface area contributed by atoms with Gasteiger partial charge in [0.15, 0.2) is 0 Å². The van der Waals surface area contributed by atoms with Crippen LogP contribution in [0.15, 0.2) is 42.5 Å². The average Bonchev–Trinajstić information content (AvgIpc) is 2.55. The van der Waals surface area contributed by atoms with Gasteiger partial charge in [-0.3, -0.25) is 4.79 Å². The molecule has 3 nitrogen and oxygen atoms in total. The standard InChI is InChI=1S/C20H25ClN2O/c1-14(2)18-6-4-5-15(3)20(18)22-12-11-19(24)23-13-16-7-9-17(21)10-8-16/h4-10,14,22H,11-13H2,1-3H3,(H,23,24). The third-order valence-corrected chi connectivity index (χ3v) is 4.24. The van der Waals surface area contributed by atoms with Gasteiger partial charge >= 0.3 is 0 Å². The first-order chi connectivity index (χ1) is 11.5. The molecule has 0 aliphatic heterocycles. The van der Waals surface area contributed by atoms with Gasteiger partial charge in [0, 0.05) is 30.2 Å². The Labute approximate surface area is 149 Å². The van der Waals surface area contributed by atoms with Crippen molar-refractivity contribution in [3.05, 3.63) is 64.2 Å². The largest absolute Gasteiger partial charge is 0.384 e. The van der Waals surface area contributed by atoms with Crippen molar-refractivity contribution in [3.63, 3.8) is 0 Å².